The summed E-state index contributed by atoms with van der Waals surface area (Å²) in [5.74, 6) is 0. The number of rotatable bonds is 0. The summed E-state index contributed by atoms with van der Waals surface area (Å²) in [6.07, 6.45) is 0. The molecular weight excluding hydrogens is 184 g/mol. The van der Waals surface area contributed by atoms with Crippen molar-refractivity contribution in [1.82, 2.24) is 0 Å². The monoisotopic (exact) mass is 191 g/mol. The van der Waals surface area contributed by atoms with E-state index in [-0.39, 0.29) is 54.7 Å². The molecule has 4 nitrogen and oxygen atoms in total. The first-order valence-corrected chi connectivity index (χ1v) is 2.35. The largest absolute Gasteiger partial charge is 1.00 e. The normalized spacial score (nSPS) is 7.38. The maximum absolute atomic E-state index is 8.88. The summed E-state index contributed by atoms with van der Waals surface area (Å²) in [4.78, 5) is 21.6. The van der Waals surface area contributed by atoms with E-state index in [4.69, 9.17) is 19.2 Å². The number of hydrogen-bond donors (Lipinski definition) is 3. The molecule has 0 atom stereocenters. The smallest absolute Gasteiger partial charge is 1.00 e. The molecule has 0 aromatic heterocycles. The van der Waals surface area contributed by atoms with Gasteiger partial charge in [-0.05, 0) is 0 Å². The molecule has 0 heterocycles. The molecule has 0 amide bonds. The molecule has 0 bridgehead atoms. The van der Waals surface area contributed by atoms with Crippen LogP contribution in [0.5, 0.6) is 0 Å². The fourth-order valence-corrected chi connectivity index (χ4v) is 0. The molecule has 0 saturated carbocycles. The molecule has 0 aliphatic rings. The van der Waals surface area contributed by atoms with Crippen LogP contribution < -0.4 is 18.9 Å². The van der Waals surface area contributed by atoms with Crippen LogP contribution in [-0.4, -0.2) is 32.0 Å². The van der Waals surface area contributed by atoms with Crippen molar-refractivity contribution >= 4 is 25.2 Å². The quantitative estimate of drug-likeness (QED) is 0.264. The van der Waals surface area contributed by atoms with Crippen LogP contribution in [0.4, 0.5) is 0 Å². The van der Waals surface area contributed by atoms with Crippen molar-refractivity contribution in [2.24, 2.45) is 0 Å². The van der Waals surface area contributed by atoms with Crippen molar-refractivity contribution in [3.63, 3.8) is 0 Å². The summed E-state index contributed by atoms with van der Waals surface area (Å²) in [5.41, 5.74) is 0. The van der Waals surface area contributed by atoms with E-state index in [2.05, 4.69) is 0 Å². The number of hydrogen-bond acceptors (Lipinski definition) is 1. The first-order chi connectivity index (χ1) is 2.00. The average molecular weight is 191 g/mol. The van der Waals surface area contributed by atoms with Crippen LogP contribution >= 0.6 is 7.82 Å². The van der Waals surface area contributed by atoms with Crippen molar-refractivity contribution < 1.29 is 56.6 Å². The Bertz CT molecular complexity index is 66.7. The molecule has 8 heavy (non-hydrogen) atoms. The van der Waals surface area contributed by atoms with E-state index < -0.39 is 7.82 Å². The molecule has 0 saturated heterocycles. The maximum Gasteiger partial charge on any atom is 1.00 e. The van der Waals surface area contributed by atoms with E-state index >= 15 is 0 Å². The summed E-state index contributed by atoms with van der Waals surface area (Å²) in [7, 11) is -4.64. The van der Waals surface area contributed by atoms with Gasteiger partial charge < -0.3 is 16.1 Å². The SMILES string of the molecule is O=P(O)(O)O.[AlH3].[H-].[Li+].[Mn]. The van der Waals surface area contributed by atoms with Gasteiger partial charge in [0, 0.05) is 17.1 Å². The first-order valence-electron chi connectivity index (χ1n) is 0.783. The van der Waals surface area contributed by atoms with Gasteiger partial charge in [0.25, 0.3) is 0 Å². The third-order valence-electron chi connectivity index (χ3n) is 0. The van der Waals surface area contributed by atoms with E-state index in [0.29, 0.717) is 0 Å². The summed E-state index contributed by atoms with van der Waals surface area (Å²) >= 11 is 0. The zero-order chi connectivity index (χ0) is 4.50. The first kappa shape index (κ1) is 22.6. The fraction of sp³-hybridized carbons (Fsp3) is 0. The van der Waals surface area contributed by atoms with Gasteiger partial charge in [-0.15, -0.1) is 0 Å². The molecule has 0 fully saturated rings. The zero-order valence-electron chi connectivity index (χ0n) is 4.58. The van der Waals surface area contributed by atoms with Crippen LogP contribution in [0.25, 0.3) is 0 Å². The Morgan fingerprint density at radius 3 is 1.25 bits per heavy atom. The summed E-state index contributed by atoms with van der Waals surface area (Å²) in [6.45, 7) is 0. The van der Waals surface area contributed by atoms with Gasteiger partial charge in [-0.1, -0.05) is 0 Å². The van der Waals surface area contributed by atoms with Gasteiger partial charge in [0.15, 0.2) is 17.4 Å². The van der Waals surface area contributed by atoms with Crippen molar-refractivity contribution in [3.8, 4) is 0 Å². The molecule has 8 heteroatoms. The Labute approximate surface area is 81.6 Å². The van der Waals surface area contributed by atoms with E-state index in [1.54, 1.807) is 0 Å². The second-order valence-electron chi connectivity index (χ2n) is 0.513. The Balaban J connectivity index is -0.0000000133. The van der Waals surface area contributed by atoms with Gasteiger partial charge in [0.05, 0.1) is 0 Å². The van der Waals surface area contributed by atoms with Gasteiger partial charge in [0.2, 0.25) is 0 Å². The molecule has 3 N–H and O–H groups in total. The molecule has 1 radical (unpaired) electrons. The minimum absolute atomic E-state index is 0. The second kappa shape index (κ2) is 8.76. The van der Waals surface area contributed by atoms with Gasteiger partial charge >= 0.3 is 26.7 Å². The Morgan fingerprint density at radius 1 is 1.25 bits per heavy atom. The second-order valence-corrected chi connectivity index (χ2v) is 1.54. The van der Waals surface area contributed by atoms with Crippen LogP contribution in [0.2, 0.25) is 0 Å². The van der Waals surface area contributed by atoms with E-state index in [1.807, 2.05) is 0 Å². The Hall–Kier alpha value is 1.76. The van der Waals surface area contributed by atoms with Crippen molar-refractivity contribution in [1.29, 1.82) is 0 Å². The van der Waals surface area contributed by atoms with Crippen LogP contribution in [0.15, 0.2) is 0 Å². The van der Waals surface area contributed by atoms with E-state index in [0.717, 1.165) is 0 Å². The molecule has 0 aliphatic carbocycles. The van der Waals surface area contributed by atoms with E-state index in [9.17, 15) is 0 Å². The van der Waals surface area contributed by atoms with Crippen LogP contribution in [0.1, 0.15) is 1.43 Å². The predicted molar refractivity (Wildman–Crippen MR) is 25.3 cm³/mol. The third kappa shape index (κ3) is 115. The zero-order valence-corrected chi connectivity index (χ0v) is 5.65. The minimum Gasteiger partial charge on any atom is -1.00 e. The standard InChI is InChI=1S/Al.Li.Mn.H3O4P.4H/c;;;1-5(2,3)4;;;;/h;;;(H3,1,2,3,4);;;;/q;+1;;;;;;-1. The maximum atomic E-state index is 8.88. The summed E-state index contributed by atoms with van der Waals surface area (Å²) in [6, 6.07) is 0. The number of phosphoric acid groups is 1. The van der Waals surface area contributed by atoms with Crippen LogP contribution in [0, 0.1) is 0 Å². The third-order valence-corrected chi connectivity index (χ3v) is 0. The molecule has 0 aromatic carbocycles. The van der Waals surface area contributed by atoms with Gasteiger partial charge in [-0.3, -0.25) is 0 Å². The van der Waals surface area contributed by atoms with Gasteiger partial charge in [-0.2, -0.15) is 0 Å². The van der Waals surface area contributed by atoms with Gasteiger partial charge in [-0.25, -0.2) is 4.57 Å². The average Bonchev–Trinajstić information content (AvgIpc) is 0.722. The summed E-state index contributed by atoms with van der Waals surface area (Å²) in [5, 5.41) is 0. The summed E-state index contributed by atoms with van der Waals surface area (Å²) < 4.78 is 8.88. The molecular formula is H7AlLiMnO4P. The minimum atomic E-state index is -4.64. The van der Waals surface area contributed by atoms with Crippen LogP contribution in [0.3, 0.4) is 0 Å². The van der Waals surface area contributed by atoms with Crippen molar-refractivity contribution in [2.45, 2.75) is 0 Å². The van der Waals surface area contributed by atoms with Crippen molar-refractivity contribution in [3.05, 3.63) is 0 Å². The predicted octanol–water partition coefficient (Wildman–Crippen LogP) is -5.00. The molecule has 0 aliphatic heterocycles. The van der Waals surface area contributed by atoms with E-state index in [1.165, 1.54) is 0 Å². The van der Waals surface area contributed by atoms with Crippen LogP contribution in [-0.2, 0) is 21.6 Å². The molecule has 0 spiro atoms. The fourth-order valence-electron chi connectivity index (χ4n) is 0. The Morgan fingerprint density at radius 2 is 1.25 bits per heavy atom. The molecule has 0 aromatic rings. The molecule has 0 rings (SSSR count). The molecule has 47 valence electrons. The van der Waals surface area contributed by atoms with Gasteiger partial charge in [0.1, 0.15) is 0 Å². The topological polar surface area (TPSA) is 77.8 Å². The Kier molecular flexibility index (Phi) is 24.7. The molecule has 0 unspecified atom stereocenters. The van der Waals surface area contributed by atoms with Crippen molar-refractivity contribution in [2.75, 3.05) is 0 Å².